The summed E-state index contributed by atoms with van der Waals surface area (Å²) in [5.41, 5.74) is 1.57. The third-order valence-electron chi connectivity index (χ3n) is 4.53. The maximum Gasteiger partial charge on any atom is 0.314 e. The highest BCUT2D eigenvalue weighted by Gasteiger charge is 2.46. The van der Waals surface area contributed by atoms with Crippen LogP contribution in [0.2, 0.25) is 0 Å². The fraction of sp³-hybridized carbons (Fsp3) is 0.562. The molecule has 0 bridgehead atoms. The second-order valence-electron chi connectivity index (χ2n) is 5.48. The lowest BCUT2D eigenvalue weighted by Gasteiger charge is -2.39. The van der Waals surface area contributed by atoms with Gasteiger partial charge >= 0.3 is 5.97 Å². The fourth-order valence-corrected chi connectivity index (χ4v) is 3.29. The van der Waals surface area contributed by atoms with E-state index < -0.39 is 11.4 Å². The Labute approximate surface area is 109 Å². The zero-order chi connectivity index (χ0) is 13.2. The highest BCUT2D eigenvalue weighted by molar-refractivity contribution is 5.82. The largest absolute Gasteiger partial charge is 0.481 e. The lowest BCUT2D eigenvalue weighted by molar-refractivity contribution is -0.147. The topological polar surface area (TPSA) is 37.3 Å². The van der Waals surface area contributed by atoms with Crippen LogP contribution in [0.3, 0.4) is 0 Å². The van der Waals surface area contributed by atoms with Crippen LogP contribution in [0.1, 0.15) is 50.7 Å². The van der Waals surface area contributed by atoms with Crippen LogP contribution in [-0.4, -0.2) is 11.1 Å². The average molecular weight is 246 g/mol. The lowest BCUT2D eigenvalue weighted by Crippen LogP contribution is -2.44. The number of aryl methyl sites for hydroxylation is 1. The molecule has 0 heterocycles. The smallest absolute Gasteiger partial charge is 0.314 e. The maximum absolute atomic E-state index is 11.9. The second kappa shape index (κ2) is 5.13. The summed E-state index contributed by atoms with van der Waals surface area (Å²) in [5.74, 6) is -0.432. The third-order valence-corrected chi connectivity index (χ3v) is 4.53. The number of hydrogen-bond acceptors (Lipinski definition) is 1. The van der Waals surface area contributed by atoms with Gasteiger partial charge in [-0.15, -0.1) is 0 Å². The molecule has 1 aliphatic rings. The van der Waals surface area contributed by atoms with Gasteiger partial charge in [-0.2, -0.15) is 0 Å². The van der Waals surface area contributed by atoms with Crippen molar-refractivity contribution in [3.63, 3.8) is 0 Å². The Morgan fingerprint density at radius 2 is 2.22 bits per heavy atom. The predicted octanol–water partition coefficient (Wildman–Crippen LogP) is 3.78. The van der Waals surface area contributed by atoms with E-state index in [9.17, 15) is 9.90 Å². The van der Waals surface area contributed by atoms with Crippen molar-refractivity contribution >= 4 is 5.97 Å². The minimum atomic E-state index is -0.663. The molecule has 98 valence electrons. The minimum Gasteiger partial charge on any atom is -0.481 e. The summed E-state index contributed by atoms with van der Waals surface area (Å²) in [7, 11) is 0. The average Bonchev–Trinajstić information content (AvgIpc) is 2.39. The van der Waals surface area contributed by atoms with E-state index in [2.05, 4.69) is 26.0 Å². The maximum atomic E-state index is 11.9. The van der Waals surface area contributed by atoms with Crippen LogP contribution in [0.25, 0.3) is 0 Å². The normalized spacial score (nSPS) is 28.0. The van der Waals surface area contributed by atoms with E-state index in [4.69, 9.17) is 0 Å². The predicted molar refractivity (Wildman–Crippen MR) is 72.8 cm³/mol. The number of hydrogen-bond donors (Lipinski definition) is 1. The van der Waals surface area contributed by atoms with Crippen molar-refractivity contribution < 1.29 is 9.90 Å². The summed E-state index contributed by atoms with van der Waals surface area (Å²) in [5, 5.41) is 9.78. The number of carboxylic acid groups (broad SMARTS) is 1. The van der Waals surface area contributed by atoms with Crippen molar-refractivity contribution in [3.8, 4) is 0 Å². The SMILES string of the molecule is CCc1cccc(C2(C(=O)O)CCCCC2C)c1. The van der Waals surface area contributed by atoms with Crippen molar-refractivity contribution in [1.29, 1.82) is 0 Å². The van der Waals surface area contributed by atoms with E-state index >= 15 is 0 Å². The third kappa shape index (κ3) is 2.05. The zero-order valence-corrected chi connectivity index (χ0v) is 11.3. The van der Waals surface area contributed by atoms with Gasteiger partial charge in [-0.25, -0.2) is 0 Å². The molecule has 2 unspecified atom stereocenters. The van der Waals surface area contributed by atoms with Crippen molar-refractivity contribution in [2.45, 2.75) is 51.4 Å². The first-order valence-electron chi connectivity index (χ1n) is 6.94. The molecule has 1 fully saturated rings. The van der Waals surface area contributed by atoms with Gasteiger partial charge in [-0.1, -0.05) is 51.0 Å². The van der Waals surface area contributed by atoms with E-state index in [1.54, 1.807) is 0 Å². The van der Waals surface area contributed by atoms with Crippen molar-refractivity contribution in [2.24, 2.45) is 5.92 Å². The number of rotatable bonds is 3. The summed E-state index contributed by atoms with van der Waals surface area (Å²) in [4.78, 5) is 11.9. The Kier molecular flexibility index (Phi) is 3.74. The first-order valence-corrected chi connectivity index (χ1v) is 6.94. The van der Waals surface area contributed by atoms with E-state index in [1.165, 1.54) is 5.56 Å². The van der Waals surface area contributed by atoms with Gasteiger partial charge in [0.05, 0.1) is 5.41 Å². The first-order chi connectivity index (χ1) is 8.61. The molecule has 0 spiro atoms. The Balaban J connectivity index is 2.49. The van der Waals surface area contributed by atoms with Gasteiger partial charge in [0.2, 0.25) is 0 Å². The van der Waals surface area contributed by atoms with Crippen molar-refractivity contribution in [3.05, 3.63) is 35.4 Å². The van der Waals surface area contributed by atoms with Crippen LogP contribution in [0, 0.1) is 5.92 Å². The van der Waals surface area contributed by atoms with E-state index in [1.807, 2.05) is 12.1 Å². The molecule has 0 radical (unpaired) electrons. The molecular weight excluding hydrogens is 224 g/mol. The van der Waals surface area contributed by atoms with Crippen LogP contribution < -0.4 is 0 Å². The van der Waals surface area contributed by atoms with Gasteiger partial charge in [0.1, 0.15) is 0 Å². The van der Waals surface area contributed by atoms with Gasteiger partial charge < -0.3 is 5.11 Å². The number of aliphatic carboxylic acids is 1. The van der Waals surface area contributed by atoms with Crippen LogP contribution in [0.15, 0.2) is 24.3 Å². The van der Waals surface area contributed by atoms with Gasteiger partial charge in [-0.3, -0.25) is 4.79 Å². The molecule has 1 N–H and O–H groups in total. The quantitative estimate of drug-likeness (QED) is 0.881. The van der Waals surface area contributed by atoms with Crippen LogP contribution in [0.4, 0.5) is 0 Å². The van der Waals surface area contributed by atoms with Crippen LogP contribution in [-0.2, 0) is 16.6 Å². The molecule has 2 nitrogen and oxygen atoms in total. The number of carbonyl (C=O) groups is 1. The molecule has 0 aliphatic heterocycles. The Morgan fingerprint density at radius 3 is 2.83 bits per heavy atom. The number of carboxylic acids is 1. The summed E-state index contributed by atoms with van der Waals surface area (Å²) >= 11 is 0. The molecule has 0 saturated heterocycles. The molecule has 1 aromatic rings. The van der Waals surface area contributed by atoms with Gasteiger partial charge in [0.25, 0.3) is 0 Å². The van der Waals surface area contributed by atoms with E-state index in [0.29, 0.717) is 0 Å². The second-order valence-corrected chi connectivity index (χ2v) is 5.48. The molecular formula is C16H22O2. The van der Waals surface area contributed by atoms with Gasteiger partial charge in [-0.05, 0) is 36.3 Å². The highest BCUT2D eigenvalue weighted by atomic mass is 16.4. The summed E-state index contributed by atoms with van der Waals surface area (Å²) < 4.78 is 0. The van der Waals surface area contributed by atoms with Crippen molar-refractivity contribution in [1.82, 2.24) is 0 Å². The monoisotopic (exact) mass is 246 g/mol. The summed E-state index contributed by atoms with van der Waals surface area (Å²) in [6, 6.07) is 8.16. The molecule has 2 atom stereocenters. The first kappa shape index (κ1) is 13.1. The standard InChI is InChI=1S/C16H22O2/c1-3-13-8-6-9-14(11-13)16(15(17)18)10-5-4-7-12(16)2/h6,8-9,11-12H,3-5,7,10H2,1-2H3,(H,17,18). The zero-order valence-electron chi connectivity index (χ0n) is 11.3. The molecule has 1 aromatic carbocycles. The fourth-order valence-electron chi connectivity index (χ4n) is 3.29. The lowest BCUT2D eigenvalue weighted by atomic mass is 9.63. The molecule has 2 rings (SSSR count). The Bertz CT molecular complexity index is 438. The van der Waals surface area contributed by atoms with E-state index in [0.717, 1.165) is 37.7 Å². The molecule has 2 heteroatoms. The Morgan fingerprint density at radius 1 is 1.44 bits per heavy atom. The van der Waals surface area contributed by atoms with Gasteiger partial charge in [0.15, 0.2) is 0 Å². The molecule has 0 aromatic heterocycles. The van der Waals surface area contributed by atoms with E-state index in [-0.39, 0.29) is 5.92 Å². The summed E-state index contributed by atoms with van der Waals surface area (Å²) in [6.45, 7) is 4.20. The molecule has 18 heavy (non-hydrogen) atoms. The van der Waals surface area contributed by atoms with Crippen molar-refractivity contribution in [2.75, 3.05) is 0 Å². The molecule has 0 amide bonds. The Hall–Kier alpha value is -1.31. The minimum absolute atomic E-state index is 0.218. The highest BCUT2D eigenvalue weighted by Crippen LogP contribution is 2.44. The van der Waals surface area contributed by atoms with Crippen LogP contribution >= 0.6 is 0 Å². The number of benzene rings is 1. The molecule has 1 aliphatic carbocycles. The molecule has 1 saturated carbocycles. The summed E-state index contributed by atoms with van der Waals surface area (Å²) in [6.07, 6.45) is 4.92. The van der Waals surface area contributed by atoms with Gasteiger partial charge in [0, 0.05) is 0 Å². The van der Waals surface area contributed by atoms with Crippen LogP contribution in [0.5, 0.6) is 0 Å².